The van der Waals surface area contributed by atoms with Crippen LogP contribution in [0.5, 0.6) is 0 Å². The molecule has 1 N–H and O–H groups in total. The highest BCUT2D eigenvalue weighted by Crippen LogP contribution is 2.25. The first-order chi connectivity index (χ1) is 14.5. The lowest BCUT2D eigenvalue weighted by molar-refractivity contribution is -0.131. The van der Waals surface area contributed by atoms with Crippen LogP contribution in [0.3, 0.4) is 0 Å². The Morgan fingerprint density at radius 1 is 1.13 bits per heavy atom. The molecule has 1 aromatic heterocycles. The fourth-order valence-corrected chi connectivity index (χ4v) is 4.05. The summed E-state index contributed by atoms with van der Waals surface area (Å²) in [5.41, 5.74) is 2.19. The molecule has 1 aliphatic rings. The van der Waals surface area contributed by atoms with Gasteiger partial charge in [-0.1, -0.05) is 30.3 Å². The molecule has 3 rings (SSSR count). The summed E-state index contributed by atoms with van der Waals surface area (Å²) in [5.74, 6) is 0.575. The molecule has 1 aliphatic heterocycles. The van der Waals surface area contributed by atoms with Crippen molar-refractivity contribution in [3.63, 3.8) is 0 Å². The van der Waals surface area contributed by atoms with Gasteiger partial charge in [0.25, 0.3) is 0 Å². The van der Waals surface area contributed by atoms with Gasteiger partial charge in [0.2, 0.25) is 11.8 Å². The summed E-state index contributed by atoms with van der Waals surface area (Å²) in [7, 11) is 1.87. The molecule has 160 valence electrons. The van der Waals surface area contributed by atoms with E-state index in [1.165, 1.54) is 12.6 Å². The lowest BCUT2D eigenvalue weighted by Gasteiger charge is -2.34. The molecule has 2 aromatic rings. The molecule has 30 heavy (non-hydrogen) atoms. The number of nitrogens with zero attached hydrogens (tertiary/aromatic N) is 3. The number of pyridine rings is 1. The van der Waals surface area contributed by atoms with Gasteiger partial charge in [0.1, 0.15) is 0 Å². The third-order valence-corrected chi connectivity index (χ3v) is 5.90. The van der Waals surface area contributed by atoms with E-state index < -0.39 is 0 Å². The number of anilines is 1. The average molecular weight is 409 g/mol. The lowest BCUT2D eigenvalue weighted by atomic mass is 9.93. The molecule has 1 atom stereocenters. The monoisotopic (exact) mass is 408 g/mol. The fraction of sp³-hybridized carbons (Fsp3) is 0.458. The Balaban J connectivity index is 1.45. The van der Waals surface area contributed by atoms with E-state index in [9.17, 15) is 9.59 Å². The van der Waals surface area contributed by atoms with Gasteiger partial charge in [-0.2, -0.15) is 0 Å². The van der Waals surface area contributed by atoms with E-state index in [1.54, 1.807) is 0 Å². The Morgan fingerprint density at radius 3 is 2.43 bits per heavy atom. The van der Waals surface area contributed by atoms with Gasteiger partial charge in [0.15, 0.2) is 0 Å². The largest absolute Gasteiger partial charge is 0.371 e. The van der Waals surface area contributed by atoms with E-state index in [4.69, 9.17) is 0 Å². The van der Waals surface area contributed by atoms with Crippen LogP contribution in [0, 0.1) is 5.92 Å². The molecule has 0 saturated carbocycles. The van der Waals surface area contributed by atoms with Crippen molar-refractivity contribution in [1.29, 1.82) is 0 Å². The summed E-state index contributed by atoms with van der Waals surface area (Å²) < 4.78 is 0. The summed E-state index contributed by atoms with van der Waals surface area (Å²) in [6.07, 6.45) is 7.26. The van der Waals surface area contributed by atoms with Crippen LogP contribution in [0.4, 0.5) is 5.69 Å². The van der Waals surface area contributed by atoms with Crippen LogP contribution in [0.15, 0.2) is 54.9 Å². The standard InChI is InChI=1S/C24H32N4O2/c1-19(29)26-23(21-6-4-3-5-7-21)18-24(30)27(2)15-10-20-11-16-28(17-12-20)22-8-13-25-14-9-22/h3-9,13-14,20,23H,10-12,15-18H2,1-2H3,(H,26,29). The van der Waals surface area contributed by atoms with Crippen molar-refractivity contribution in [1.82, 2.24) is 15.2 Å². The smallest absolute Gasteiger partial charge is 0.224 e. The zero-order chi connectivity index (χ0) is 21.3. The number of hydrogen-bond acceptors (Lipinski definition) is 4. The van der Waals surface area contributed by atoms with Gasteiger partial charge in [-0.05, 0) is 42.9 Å². The minimum absolute atomic E-state index is 0.0619. The Bertz CT molecular complexity index is 804. The molecule has 2 heterocycles. The maximum atomic E-state index is 12.8. The van der Waals surface area contributed by atoms with Crippen LogP contribution >= 0.6 is 0 Å². The van der Waals surface area contributed by atoms with Crippen molar-refractivity contribution in [3.8, 4) is 0 Å². The number of amides is 2. The van der Waals surface area contributed by atoms with Gasteiger partial charge in [-0.15, -0.1) is 0 Å². The predicted octanol–water partition coefficient (Wildman–Crippen LogP) is 3.41. The highest BCUT2D eigenvalue weighted by atomic mass is 16.2. The Hall–Kier alpha value is -2.89. The van der Waals surface area contributed by atoms with Crippen molar-refractivity contribution in [2.45, 2.75) is 38.6 Å². The average Bonchev–Trinajstić information content (AvgIpc) is 2.78. The zero-order valence-corrected chi connectivity index (χ0v) is 18.0. The van der Waals surface area contributed by atoms with Gasteiger partial charge in [-0.3, -0.25) is 14.6 Å². The predicted molar refractivity (Wildman–Crippen MR) is 119 cm³/mol. The first-order valence-corrected chi connectivity index (χ1v) is 10.7. The van der Waals surface area contributed by atoms with Gasteiger partial charge in [-0.25, -0.2) is 0 Å². The number of carbonyl (C=O) groups is 2. The van der Waals surface area contributed by atoms with E-state index in [2.05, 4.69) is 27.3 Å². The number of benzene rings is 1. The Labute approximate surface area is 179 Å². The SMILES string of the molecule is CC(=O)NC(CC(=O)N(C)CCC1CCN(c2ccncc2)CC1)c1ccccc1. The van der Waals surface area contributed by atoms with E-state index in [0.29, 0.717) is 5.92 Å². The van der Waals surface area contributed by atoms with Gasteiger partial charge in [0, 0.05) is 51.7 Å². The zero-order valence-electron chi connectivity index (χ0n) is 18.0. The maximum Gasteiger partial charge on any atom is 0.224 e. The summed E-state index contributed by atoms with van der Waals surface area (Å²) in [6, 6.07) is 13.5. The highest BCUT2D eigenvalue weighted by molar-refractivity contribution is 5.79. The quantitative estimate of drug-likeness (QED) is 0.727. The second-order valence-electron chi connectivity index (χ2n) is 8.11. The molecule has 1 aromatic carbocycles. The first kappa shape index (κ1) is 21.8. The number of rotatable bonds is 8. The lowest BCUT2D eigenvalue weighted by Crippen LogP contribution is -2.37. The van der Waals surface area contributed by atoms with Gasteiger partial charge in [0.05, 0.1) is 12.5 Å². The second-order valence-corrected chi connectivity index (χ2v) is 8.11. The maximum absolute atomic E-state index is 12.8. The van der Waals surface area contributed by atoms with Crippen molar-refractivity contribution in [2.75, 3.05) is 31.6 Å². The van der Waals surface area contributed by atoms with Crippen LogP contribution in [0.1, 0.15) is 44.2 Å². The van der Waals surface area contributed by atoms with Gasteiger partial charge >= 0.3 is 0 Å². The molecule has 6 nitrogen and oxygen atoms in total. The molecule has 2 amide bonds. The van der Waals surface area contributed by atoms with Crippen molar-refractivity contribution >= 4 is 17.5 Å². The van der Waals surface area contributed by atoms with Crippen molar-refractivity contribution in [2.24, 2.45) is 5.92 Å². The van der Waals surface area contributed by atoms with Crippen LogP contribution in [-0.4, -0.2) is 48.4 Å². The molecular weight excluding hydrogens is 376 g/mol. The summed E-state index contributed by atoms with van der Waals surface area (Å²) >= 11 is 0. The Morgan fingerprint density at radius 2 is 1.80 bits per heavy atom. The number of hydrogen-bond donors (Lipinski definition) is 1. The van der Waals surface area contributed by atoms with Crippen LogP contribution in [0.25, 0.3) is 0 Å². The van der Waals surface area contributed by atoms with E-state index in [1.807, 2.05) is 54.7 Å². The van der Waals surface area contributed by atoms with E-state index in [-0.39, 0.29) is 24.3 Å². The number of aromatic nitrogens is 1. The number of nitrogens with one attached hydrogen (secondary N) is 1. The summed E-state index contributed by atoms with van der Waals surface area (Å²) in [5, 5.41) is 2.91. The first-order valence-electron chi connectivity index (χ1n) is 10.7. The molecule has 1 unspecified atom stereocenters. The molecule has 1 fully saturated rings. The number of piperidine rings is 1. The van der Waals surface area contributed by atoms with E-state index in [0.717, 1.165) is 44.5 Å². The fourth-order valence-electron chi connectivity index (χ4n) is 4.05. The minimum Gasteiger partial charge on any atom is -0.371 e. The normalized spacial score (nSPS) is 15.5. The van der Waals surface area contributed by atoms with E-state index >= 15 is 0 Å². The second kappa shape index (κ2) is 10.8. The topological polar surface area (TPSA) is 65.5 Å². The van der Waals surface area contributed by atoms with Crippen LogP contribution < -0.4 is 10.2 Å². The third kappa shape index (κ3) is 6.31. The molecule has 0 bridgehead atoms. The van der Waals surface area contributed by atoms with Crippen molar-refractivity contribution in [3.05, 3.63) is 60.4 Å². The summed E-state index contributed by atoms with van der Waals surface area (Å²) in [4.78, 5) is 32.7. The molecular formula is C24H32N4O2. The van der Waals surface area contributed by atoms with Gasteiger partial charge < -0.3 is 15.1 Å². The molecule has 6 heteroatoms. The van der Waals surface area contributed by atoms with Crippen LogP contribution in [0.2, 0.25) is 0 Å². The van der Waals surface area contributed by atoms with Crippen molar-refractivity contribution < 1.29 is 9.59 Å². The molecule has 1 saturated heterocycles. The number of carbonyl (C=O) groups excluding carboxylic acids is 2. The molecule has 0 radical (unpaired) electrons. The van der Waals surface area contributed by atoms with Crippen LogP contribution in [-0.2, 0) is 9.59 Å². The molecule has 0 spiro atoms. The third-order valence-electron chi connectivity index (χ3n) is 5.90. The molecule has 0 aliphatic carbocycles. The highest BCUT2D eigenvalue weighted by Gasteiger charge is 2.22. The summed E-state index contributed by atoms with van der Waals surface area (Å²) in [6.45, 7) is 4.33. The Kier molecular flexibility index (Phi) is 7.82. The minimum atomic E-state index is -0.290.